The Balaban J connectivity index is 0.00000161. The summed E-state index contributed by atoms with van der Waals surface area (Å²) in [6.07, 6.45) is 4.04. The van der Waals surface area contributed by atoms with E-state index in [1.807, 2.05) is 26.2 Å². The monoisotopic (exact) mass is 587 g/mol. The Bertz CT molecular complexity index is 1820. The molecule has 220 valence electrons. The van der Waals surface area contributed by atoms with Crippen molar-refractivity contribution >= 4 is 33.9 Å². The fourth-order valence-electron chi connectivity index (χ4n) is 5.87. The van der Waals surface area contributed by atoms with E-state index < -0.39 is 0 Å². The van der Waals surface area contributed by atoms with E-state index in [-0.39, 0.29) is 0 Å². The van der Waals surface area contributed by atoms with E-state index in [0.29, 0.717) is 0 Å². The first-order chi connectivity index (χ1) is 21.0. The van der Waals surface area contributed by atoms with E-state index in [0.717, 1.165) is 49.5 Å². The number of likely N-dealkylation sites (N-methyl/N-ethyl adjacent to an activating group) is 1. The number of H-pyrrole nitrogens is 1. The van der Waals surface area contributed by atoms with Crippen LogP contribution in [0.4, 0.5) is 0 Å². The number of nitrogens with zero attached hydrogens (tertiary/aromatic N) is 4. The molecule has 6 heteroatoms. The molecule has 1 saturated heterocycles. The zero-order valence-corrected chi connectivity index (χ0v) is 26.7. The van der Waals surface area contributed by atoms with Gasteiger partial charge in [0, 0.05) is 77.7 Å². The molecule has 7 rings (SSSR count). The van der Waals surface area contributed by atoms with E-state index in [4.69, 9.17) is 4.98 Å². The van der Waals surface area contributed by atoms with E-state index in [1.165, 1.54) is 49.2 Å². The van der Waals surface area contributed by atoms with Gasteiger partial charge in [-0.05, 0) is 91.3 Å². The van der Waals surface area contributed by atoms with Crippen molar-refractivity contribution in [3.8, 4) is 22.3 Å². The number of hydrogen-bond acceptors (Lipinski definition) is 4. The van der Waals surface area contributed by atoms with Crippen molar-refractivity contribution in [2.24, 2.45) is 0 Å². The molecule has 0 amide bonds. The number of pyridine rings is 1. The maximum absolute atomic E-state index is 5.08. The fourth-order valence-corrected chi connectivity index (χ4v) is 6.80. The van der Waals surface area contributed by atoms with Crippen LogP contribution in [0, 0.1) is 13.8 Å². The highest BCUT2D eigenvalue weighted by Crippen LogP contribution is 2.40. The minimum absolute atomic E-state index is 0.993. The number of aromatic amines is 1. The molecule has 0 unspecified atom stereocenters. The lowest BCUT2D eigenvalue weighted by Gasteiger charge is -2.32. The molecular weight excluding hydrogens is 547 g/mol. The lowest BCUT2D eigenvalue weighted by Crippen LogP contribution is -2.43. The summed E-state index contributed by atoms with van der Waals surface area (Å²) >= 11 is 1.73. The quantitative estimate of drug-likeness (QED) is 0.211. The van der Waals surface area contributed by atoms with Crippen molar-refractivity contribution in [1.82, 2.24) is 23.7 Å². The average Bonchev–Trinajstić information content (AvgIpc) is 3.62. The molecule has 1 fully saturated rings. The van der Waals surface area contributed by atoms with Crippen LogP contribution < -0.4 is 0 Å². The number of hydrogen-bond donors (Lipinski definition) is 1. The van der Waals surface area contributed by atoms with E-state index >= 15 is 0 Å². The molecule has 3 aromatic carbocycles. The van der Waals surface area contributed by atoms with E-state index in [1.54, 1.807) is 11.9 Å². The number of benzene rings is 3. The van der Waals surface area contributed by atoms with Gasteiger partial charge in [-0.25, -0.2) is 4.98 Å². The van der Waals surface area contributed by atoms with Gasteiger partial charge >= 0.3 is 0 Å². The molecule has 6 aromatic rings. The van der Waals surface area contributed by atoms with Gasteiger partial charge in [0.05, 0.1) is 0 Å². The Hall–Kier alpha value is -3.84. The first-order valence-corrected chi connectivity index (χ1v) is 16.1. The summed E-state index contributed by atoms with van der Waals surface area (Å²) in [6.45, 7) is 13.9. The fraction of sp³-hybridized carbons (Fsp3) is 0.270. The zero-order chi connectivity index (χ0) is 29.9. The van der Waals surface area contributed by atoms with Gasteiger partial charge in [0.15, 0.2) is 5.65 Å². The Morgan fingerprint density at radius 3 is 2.26 bits per heavy atom. The van der Waals surface area contributed by atoms with Crippen molar-refractivity contribution in [3.05, 3.63) is 108 Å². The number of aryl methyl sites for hydroxylation is 1. The number of nitrogens with one attached hydrogen (secondary N) is 1. The van der Waals surface area contributed by atoms with Gasteiger partial charge < -0.3 is 9.88 Å². The SMILES string of the molecule is CC.Cc1ccc(Sn2c(C)c(-c3ccc4[nH]ccc4c3)c3cc(-c4ccc(CN5CCN(C)CC5)cc4)cnc32)cc1. The molecule has 5 nitrogen and oxygen atoms in total. The van der Waals surface area contributed by atoms with Crippen molar-refractivity contribution in [1.29, 1.82) is 0 Å². The minimum atomic E-state index is 0.993. The Morgan fingerprint density at radius 2 is 1.51 bits per heavy atom. The van der Waals surface area contributed by atoms with Crippen molar-refractivity contribution in [3.63, 3.8) is 0 Å². The van der Waals surface area contributed by atoms with Crippen molar-refractivity contribution < 1.29 is 0 Å². The number of aromatic nitrogens is 3. The Kier molecular flexibility index (Phi) is 8.70. The lowest BCUT2D eigenvalue weighted by molar-refractivity contribution is 0.148. The highest BCUT2D eigenvalue weighted by molar-refractivity contribution is 7.98. The lowest BCUT2D eigenvalue weighted by atomic mass is 9.99. The van der Waals surface area contributed by atoms with Gasteiger partial charge in [-0.1, -0.05) is 61.9 Å². The molecule has 4 heterocycles. The van der Waals surface area contributed by atoms with Crippen LogP contribution in [0.1, 0.15) is 30.7 Å². The molecule has 1 aliphatic heterocycles. The van der Waals surface area contributed by atoms with Gasteiger partial charge in [0.1, 0.15) is 0 Å². The summed E-state index contributed by atoms with van der Waals surface area (Å²) in [4.78, 5) is 14.6. The second kappa shape index (κ2) is 12.8. The molecule has 0 saturated carbocycles. The third-order valence-corrected chi connectivity index (χ3v) is 9.46. The molecule has 3 aromatic heterocycles. The van der Waals surface area contributed by atoms with Crippen LogP contribution in [-0.2, 0) is 6.54 Å². The second-order valence-electron chi connectivity index (χ2n) is 11.3. The highest BCUT2D eigenvalue weighted by atomic mass is 32.2. The van der Waals surface area contributed by atoms with Crippen molar-refractivity contribution in [2.75, 3.05) is 33.2 Å². The van der Waals surface area contributed by atoms with Crippen LogP contribution in [0.5, 0.6) is 0 Å². The summed E-state index contributed by atoms with van der Waals surface area (Å²) in [5.74, 6) is 0. The van der Waals surface area contributed by atoms with Gasteiger partial charge in [-0.15, -0.1) is 0 Å². The maximum atomic E-state index is 5.08. The summed E-state index contributed by atoms with van der Waals surface area (Å²) in [5, 5.41) is 2.39. The van der Waals surface area contributed by atoms with Crippen LogP contribution in [0.2, 0.25) is 0 Å². The van der Waals surface area contributed by atoms with Gasteiger partial charge in [-0.2, -0.15) is 0 Å². The largest absolute Gasteiger partial charge is 0.361 e. The first kappa shape index (κ1) is 29.2. The van der Waals surface area contributed by atoms with Gasteiger partial charge in [0.25, 0.3) is 0 Å². The van der Waals surface area contributed by atoms with Crippen molar-refractivity contribution in [2.45, 2.75) is 39.1 Å². The normalized spacial score (nSPS) is 14.3. The predicted molar refractivity (Wildman–Crippen MR) is 184 cm³/mol. The topological polar surface area (TPSA) is 40.1 Å². The van der Waals surface area contributed by atoms with Crippen LogP contribution in [0.25, 0.3) is 44.2 Å². The summed E-state index contributed by atoms with van der Waals surface area (Å²) in [7, 11) is 2.21. The second-order valence-corrected chi connectivity index (χ2v) is 12.3. The molecule has 0 atom stereocenters. The molecule has 1 aliphatic rings. The number of rotatable bonds is 6. The van der Waals surface area contributed by atoms with E-state index in [2.05, 4.69) is 119 Å². The summed E-state index contributed by atoms with van der Waals surface area (Å²) < 4.78 is 2.29. The van der Waals surface area contributed by atoms with Crippen LogP contribution >= 0.6 is 11.9 Å². The highest BCUT2D eigenvalue weighted by Gasteiger charge is 2.20. The molecule has 0 spiro atoms. The van der Waals surface area contributed by atoms with Gasteiger partial charge in [-0.3, -0.25) is 8.87 Å². The Labute approximate surface area is 259 Å². The molecule has 0 aliphatic carbocycles. The summed E-state index contributed by atoms with van der Waals surface area (Å²) in [5.41, 5.74) is 10.8. The summed E-state index contributed by atoms with van der Waals surface area (Å²) in [6, 6.07) is 28.9. The maximum Gasteiger partial charge on any atom is 0.151 e. The zero-order valence-electron chi connectivity index (χ0n) is 25.9. The molecular formula is C37H41N5S. The molecule has 0 radical (unpaired) electrons. The minimum Gasteiger partial charge on any atom is -0.361 e. The van der Waals surface area contributed by atoms with Crippen LogP contribution in [0.3, 0.4) is 0 Å². The molecule has 1 N–H and O–H groups in total. The smallest absolute Gasteiger partial charge is 0.151 e. The molecule has 43 heavy (non-hydrogen) atoms. The standard InChI is InChI=1S/C35H35N5S.C2H6/c1-24-4-11-31(12-5-24)41-40-25(2)34(29-10-13-33-28(20-29)14-15-36-33)32-21-30(22-37-35(32)40)27-8-6-26(7-9-27)23-39-18-16-38(3)17-19-39;1-2/h4-15,20-22,36H,16-19,23H2,1-3H3;1-2H3. The van der Waals surface area contributed by atoms with Gasteiger partial charge in [0.2, 0.25) is 0 Å². The van der Waals surface area contributed by atoms with E-state index in [9.17, 15) is 0 Å². The third kappa shape index (κ3) is 6.14. The molecule has 0 bridgehead atoms. The average molecular weight is 588 g/mol. The van der Waals surface area contributed by atoms with Crippen LogP contribution in [0.15, 0.2) is 96.2 Å². The van der Waals surface area contributed by atoms with Crippen LogP contribution in [-0.4, -0.2) is 57.0 Å². The number of fused-ring (bicyclic) bond motifs is 2. The number of piperazine rings is 1. The third-order valence-electron chi connectivity index (χ3n) is 8.34. The predicted octanol–water partition coefficient (Wildman–Crippen LogP) is 8.80. The first-order valence-electron chi connectivity index (χ1n) is 15.4. The Morgan fingerprint density at radius 1 is 0.791 bits per heavy atom.